The molecular formula is C27H32ClN3O4. The molecule has 35 heavy (non-hydrogen) atoms. The molecule has 1 aliphatic carbocycles. The number of nitrogens with one attached hydrogen (secondary N) is 1. The van der Waals surface area contributed by atoms with Crippen molar-refractivity contribution in [1.82, 2.24) is 9.80 Å². The van der Waals surface area contributed by atoms with Crippen molar-refractivity contribution in [2.75, 3.05) is 44.6 Å². The maximum atomic E-state index is 12.9. The third-order valence-electron chi connectivity index (χ3n) is 7.16. The lowest BCUT2D eigenvalue weighted by Gasteiger charge is -2.40. The largest absolute Gasteiger partial charge is 0.455 e. The molecule has 2 aromatic carbocycles. The summed E-state index contributed by atoms with van der Waals surface area (Å²) in [7, 11) is 0. The number of carbonyl (C=O) groups excluding carboxylic acids is 3. The third kappa shape index (κ3) is 5.68. The number of benzene rings is 2. The number of piperazine rings is 1. The number of hydrogen-bond acceptors (Lipinski definition) is 5. The molecule has 8 heteroatoms. The van der Waals surface area contributed by atoms with Crippen LogP contribution in [0, 0.1) is 13.8 Å². The van der Waals surface area contributed by atoms with Gasteiger partial charge in [0.25, 0.3) is 5.91 Å². The van der Waals surface area contributed by atoms with Crippen molar-refractivity contribution in [3.05, 3.63) is 64.2 Å². The molecule has 0 radical (unpaired) electrons. The number of anilines is 1. The van der Waals surface area contributed by atoms with Gasteiger partial charge in [0.05, 0.1) is 12.0 Å². The summed E-state index contributed by atoms with van der Waals surface area (Å²) in [6, 6.07) is 13.2. The van der Waals surface area contributed by atoms with E-state index in [0.29, 0.717) is 44.0 Å². The van der Waals surface area contributed by atoms with Crippen molar-refractivity contribution < 1.29 is 19.1 Å². The predicted octanol–water partition coefficient (Wildman–Crippen LogP) is 3.70. The van der Waals surface area contributed by atoms with E-state index in [2.05, 4.69) is 5.32 Å². The van der Waals surface area contributed by atoms with Crippen LogP contribution in [0.4, 0.5) is 5.69 Å². The maximum Gasteiger partial charge on any atom is 0.317 e. The van der Waals surface area contributed by atoms with Crippen molar-refractivity contribution in [1.29, 1.82) is 0 Å². The summed E-state index contributed by atoms with van der Waals surface area (Å²) in [5, 5.41) is 3.63. The van der Waals surface area contributed by atoms with Crippen LogP contribution in [-0.4, -0.2) is 66.9 Å². The number of halogens is 1. The van der Waals surface area contributed by atoms with E-state index in [0.717, 1.165) is 28.8 Å². The van der Waals surface area contributed by atoms with E-state index in [4.69, 9.17) is 16.3 Å². The highest BCUT2D eigenvalue weighted by Gasteiger charge is 2.47. The molecule has 1 heterocycles. The monoisotopic (exact) mass is 497 g/mol. The van der Waals surface area contributed by atoms with Crippen LogP contribution >= 0.6 is 11.6 Å². The van der Waals surface area contributed by atoms with Gasteiger partial charge in [0.2, 0.25) is 5.91 Å². The highest BCUT2D eigenvalue weighted by molar-refractivity contribution is 6.30. The van der Waals surface area contributed by atoms with Crippen LogP contribution in [0.5, 0.6) is 0 Å². The van der Waals surface area contributed by atoms with Gasteiger partial charge in [-0.3, -0.25) is 19.3 Å². The van der Waals surface area contributed by atoms with Gasteiger partial charge in [0.15, 0.2) is 6.61 Å². The van der Waals surface area contributed by atoms with Crippen LogP contribution in [0.3, 0.4) is 0 Å². The number of nitrogens with zero attached hydrogens (tertiary/aromatic N) is 2. The first-order valence-electron chi connectivity index (χ1n) is 12.1. The first-order chi connectivity index (χ1) is 16.8. The molecule has 0 unspecified atom stereocenters. The topological polar surface area (TPSA) is 79.0 Å². The van der Waals surface area contributed by atoms with Crippen molar-refractivity contribution in [2.24, 2.45) is 0 Å². The molecule has 2 aromatic rings. The molecule has 1 N–H and O–H groups in total. The van der Waals surface area contributed by atoms with Gasteiger partial charge in [0, 0.05) is 36.9 Å². The lowest BCUT2D eigenvalue weighted by Crippen LogP contribution is -2.52. The van der Waals surface area contributed by atoms with Gasteiger partial charge < -0.3 is 15.0 Å². The lowest BCUT2D eigenvalue weighted by atomic mass is 9.64. The summed E-state index contributed by atoms with van der Waals surface area (Å²) in [6.45, 7) is 6.13. The molecule has 7 nitrogen and oxygen atoms in total. The minimum absolute atomic E-state index is 0.0656. The number of hydrogen-bond donors (Lipinski definition) is 1. The Hall–Kier alpha value is -2.90. The zero-order valence-electron chi connectivity index (χ0n) is 20.3. The van der Waals surface area contributed by atoms with Gasteiger partial charge in [0.1, 0.15) is 0 Å². The van der Waals surface area contributed by atoms with E-state index >= 15 is 0 Å². The van der Waals surface area contributed by atoms with E-state index in [-0.39, 0.29) is 30.9 Å². The average Bonchev–Trinajstić information content (AvgIpc) is 2.81. The van der Waals surface area contributed by atoms with Gasteiger partial charge in [-0.2, -0.15) is 0 Å². The Kier molecular flexibility index (Phi) is 7.77. The second-order valence-corrected chi connectivity index (χ2v) is 9.93. The molecule has 2 amide bonds. The summed E-state index contributed by atoms with van der Waals surface area (Å²) >= 11 is 5.99. The van der Waals surface area contributed by atoms with E-state index in [1.165, 1.54) is 0 Å². The summed E-state index contributed by atoms with van der Waals surface area (Å²) in [4.78, 5) is 41.9. The van der Waals surface area contributed by atoms with Gasteiger partial charge in [-0.25, -0.2) is 0 Å². The molecule has 0 atom stereocenters. The Morgan fingerprint density at radius 3 is 2.17 bits per heavy atom. The Bertz CT molecular complexity index is 1070. The van der Waals surface area contributed by atoms with E-state index in [1.807, 2.05) is 49.1 Å². The minimum Gasteiger partial charge on any atom is -0.455 e. The molecule has 0 spiro atoms. The second-order valence-electron chi connectivity index (χ2n) is 9.49. The maximum absolute atomic E-state index is 12.9. The number of aryl methyl sites for hydroxylation is 2. The SMILES string of the molecule is Cc1cccc(C)c1NC(=O)CN1CCN(C(=O)COC(=O)C2(c3ccc(Cl)cc3)CCC2)CC1. The smallest absolute Gasteiger partial charge is 0.317 e. The first-order valence-corrected chi connectivity index (χ1v) is 12.5. The zero-order chi connectivity index (χ0) is 25.0. The van der Waals surface area contributed by atoms with Crippen LogP contribution in [-0.2, 0) is 24.5 Å². The van der Waals surface area contributed by atoms with Crippen LogP contribution in [0.25, 0.3) is 0 Å². The molecule has 1 saturated heterocycles. The molecule has 2 fully saturated rings. The summed E-state index contributed by atoms with van der Waals surface area (Å²) in [5.41, 5.74) is 3.13. The summed E-state index contributed by atoms with van der Waals surface area (Å²) in [6.07, 6.45) is 2.37. The minimum atomic E-state index is -0.674. The Labute approximate surface area is 211 Å². The van der Waals surface area contributed by atoms with Gasteiger partial charge >= 0.3 is 5.97 Å². The molecule has 0 bridgehead atoms. The Balaban J connectivity index is 1.23. The fraction of sp³-hybridized carbons (Fsp3) is 0.444. The van der Waals surface area contributed by atoms with Crippen molar-refractivity contribution in [3.63, 3.8) is 0 Å². The standard InChI is InChI=1S/C27H32ClN3O4/c1-19-5-3-6-20(2)25(19)29-23(32)17-30-13-15-31(16-14-30)24(33)18-35-26(34)27(11-4-12-27)21-7-9-22(28)10-8-21/h3,5-10H,4,11-18H2,1-2H3,(H,29,32). The highest BCUT2D eigenvalue weighted by Crippen LogP contribution is 2.45. The second kappa shape index (κ2) is 10.8. The van der Waals surface area contributed by atoms with Crippen molar-refractivity contribution in [3.8, 4) is 0 Å². The fourth-order valence-corrected chi connectivity index (χ4v) is 4.94. The van der Waals surface area contributed by atoms with Crippen molar-refractivity contribution in [2.45, 2.75) is 38.5 Å². The number of carbonyl (C=O) groups is 3. The van der Waals surface area contributed by atoms with Crippen molar-refractivity contribution >= 4 is 35.1 Å². The molecule has 2 aliphatic rings. The van der Waals surface area contributed by atoms with Crippen LogP contribution < -0.4 is 5.32 Å². The fourth-order valence-electron chi connectivity index (χ4n) is 4.82. The van der Waals surface area contributed by atoms with Gasteiger partial charge in [-0.1, -0.05) is 48.4 Å². The molecule has 186 valence electrons. The van der Waals surface area contributed by atoms with Crippen LogP contribution in [0.2, 0.25) is 5.02 Å². The molecule has 4 rings (SSSR count). The third-order valence-corrected chi connectivity index (χ3v) is 7.41. The first kappa shape index (κ1) is 25.2. The van der Waals surface area contributed by atoms with E-state index in [9.17, 15) is 14.4 Å². The summed E-state index contributed by atoms with van der Waals surface area (Å²) < 4.78 is 5.49. The zero-order valence-corrected chi connectivity index (χ0v) is 21.1. The quantitative estimate of drug-likeness (QED) is 0.590. The Morgan fingerprint density at radius 1 is 0.971 bits per heavy atom. The van der Waals surface area contributed by atoms with E-state index in [1.54, 1.807) is 17.0 Å². The average molecular weight is 498 g/mol. The lowest BCUT2D eigenvalue weighted by molar-refractivity contribution is -0.160. The van der Waals surface area contributed by atoms with Crippen LogP contribution in [0.1, 0.15) is 36.0 Å². The molecule has 1 saturated carbocycles. The number of para-hydroxylation sites is 1. The molecule has 0 aromatic heterocycles. The Morgan fingerprint density at radius 2 is 1.60 bits per heavy atom. The van der Waals surface area contributed by atoms with Gasteiger partial charge in [-0.05, 0) is 55.5 Å². The number of amides is 2. The van der Waals surface area contributed by atoms with Gasteiger partial charge in [-0.15, -0.1) is 0 Å². The normalized spacial score (nSPS) is 17.4. The summed E-state index contributed by atoms with van der Waals surface area (Å²) in [5.74, 6) is -0.617. The number of ether oxygens (including phenoxy) is 1. The molecule has 1 aliphatic heterocycles. The predicted molar refractivity (Wildman–Crippen MR) is 136 cm³/mol. The highest BCUT2D eigenvalue weighted by atomic mass is 35.5. The number of esters is 1. The van der Waals surface area contributed by atoms with E-state index < -0.39 is 5.41 Å². The number of rotatable bonds is 7. The van der Waals surface area contributed by atoms with Crippen LogP contribution in [0.15, 0.2) is 42.5 Å². The molecular weight excluding hydrogens is 466 g/mol.